The van der Waals surface area contributed by atoms with Crippen molar-refractivity contribution in [2.24, 2.45) is 11.3 Å². The van der Waals surface area contributed by atoms with Gasteiger partial charge < -0.3 is 9.64 Å². The number of rotatable bonds is 5. The number of hydrogen-bond donors (Lipinski definition) is 0. The molecule has 0 radical (unpaired) electrons. The Morgan fingerprint density at radius 2 is 2.27 bits per heavy atom. The highest BCUT2D eigenvalue weighted by Crippen LogP contribution is 2.43. The van der Waals surface area contributed by atoms with Gasteiger partial charge in [0.05, 0.1) is 6.61 Å². The van der Waals surface area contributed by atoms with E-state index < -0.39 is 0 Å². The summed E-state index contributed by atoms with van der Waals surface area (Å²) in [7, 11) is 1.81. The van der Waals surface area contributed by atoms with Crippen LogP contribution in [0, 0.1) is 11.3 Å². The van der Waals surface area contributed by atoms with Gasteiger partial charge in [0.15, 0.2) is 0 Å². The SMILES string of the molecule is COCC1CCN(CC2(CBr)CCC2)C1. The third-order valence-electron chi connectivity index (χ3n) is 4.03. The molecule has 1 unspecified atom stereocenters. The zero-order valence-corrected chi connectivity index (χ0v) is 11.3. The van der Waals surface area contributed by atoms with Gasteiger partial charge in [0.1, 0.15) is 0 Å². The van der Waals surface area contributed by atoms with E-state index in [2.05, 4.69) is 20.8 Å². The molecule has 0 aromatic rings. The largest absolute Gasteiger partial charge is 0.384 e. The Bertz CT molecular complexity index is 200. The van der Waals surface area contributed by atoms with E-state index in [1.165, 1.54) is 50.6 Å². The van der Waals surface area contributed by atoms with Gasteiger partial charge in [-0.2, -0.15) is 0 Å². The second-order valence-electron chi connectivity index (χ2n) is 5.33. The van der Waals surface area contributed by atoms with Crippen LogP contribution < -0.4 is 0 Å². The Morgan fingerprint density at radius 3 is 2.80 bits per heavy atom. The van der Waals surface area contributed by atoms with Gasteiger partial charge in [0, 0.05) is 25.5 Å². The van der Waals surface area contributed by atoms with Crippen LogP contribution in [0.15, 0.2) is 0 Å². The summed E-state index contributed by atoms with van der Waals surface area (Å²) in [5, 5.41) is 1.19. The maximum absolute atomic E-state index is 5.23. The van der Waals surface area contributed by atoms with E-state index in [1.807, 2.05) is 7.11 Å². The second-order valence-corrected chi connectivity index (χ2v) is 5.89. The van der Waals surface area contributed by atoms with Gasteiger partial charge in [0.2, 0.25) is 0 Å². The van der Waals surface area contributed by atoms with Crippen molar-refractivity contribution in [3.8, 4) is 0 Å². The number of alkyl halides is 1. The number of ether oxygens (including phenoxy) is 1. The molecular formula is C12H22BrNO. The predicted octanol–water partition coefficient (Wildman–Crippen LogP) is 2.52. The summed E-state index contributed by atoms with van der Waals surface area (Å²) in [5.41, 5.74) is 0.613. The zero-order valence-electron chi connectivity index (χ0n) is 9.67. The second kappa shape index (κ2) is 5.15. The molecule has 2 fully saturated rings. The molecule has 1 saturated heterocycles. The number of likely N-dealkylation sites (tertiary alicyclic amines) is 1. The van der Waals surface area contributed by atoms with Gasteiger partial charge >= 0.3 is 0 Å². The molecule has 15 heavy (non-hydrogen) atoms. The first-order valence-corrected chi connectivity index (χ1v) is 7.17. The third-order valence-corrected chi connectivity index (χ3v) is 5.22. The summed E-state index contributed by atoms with van der Waals surface area (Å²) in [6, 6.07) is 0. The van der Waals surface area contributed by atoms with E-state index in [1.54, 1.807) is 0 Å². The normalized spacial score (nSPS) is 30.4. The summed E-state index contributed by atoms with van der Waals surface area (Å²) >= 11 is 3.69. The van der Waals surface area contributed by atoms with Gasteiger partial charge in [-0.3, -0.25) is 0 Å². The summed E-state index contributed by atoms with van der Waals surface area (Å²) < 4.78 is 5.23. The summed E-state index contributed by atoms with van der Waals surface area (Å²) in [6.07, 6.45) is 5.60. The molecule has 3 heteroatoms. The maximum Gasteiger partial charge on any atom is 0.0503 e. The molecule has 0 bridgehead atoms. The van der Waals surface area contributed by atoms with E-state index in [4.69, 9.17) is 4.74 Å². The van der Waals surface area contributed by atoms with Crippen LogP contribution in [0.25, 0.3) is 0 Å². The molecule has 1 heterocycles. The molecule has 2 rings (SSSR count). The summed E-state index contributed by atoms with van der Waals surface area (Å²) in [4.78, 5) is 2.64. The highest BCUT2D eigenvalue weighted by molar-refractivity contribution is 9.09. The molecule has 1 aliphatic heterocycles. The lowest BCUT2D eigenvalue weighted by Crippen LogP contribution is -2.42. The Morgan fingerprint density at radius 1 is 1.47 bits per heavy atom. The van der Waals surface area contributed by atoms with Crippen molar-refractivity contribution in [2.75, 3.05) is 38.7 Å². The quantitative estimate of drug-likeness (QED) is 0.715. The van der Waals surface area contributed by atoms with Crippen molar-refractivity contribution >= 4 is 15.9 Å². The van der Waals surface area contributed by atoms with Crippen LogP contribution >= 0.6 is 15.9 Å². The minimum atomic E-state index is 0.613. The van der Waals surface area contributed by atoms with Crippen molar-refractivity contribution < 1.29 is 4.74 Å². The van der Waals surface area contributed by atoms with Gasteiger partial charge in [-0.05, 0) is 37.1 Å². The first-order chi connectivity index (χ1) is 7.28. The molecule has 0 aromatic heterocycles. The van der Waals surface area contributed by atoms with Crippen molar-refractivity contribution in [1.29, 1.82) is 0 Å². The molecule has 1 atom stereocenters. The molecular weight excluding hydrogens is 254 g/mol. The zero-order chi connectivity index (χ0) is 10.7. The van der Waals surface area contributed by atoms with E-state index >= 15 is 0 Å². The molecule has 2 nitrogen and oxygen atoms in total. The smallest absolute Gasteiger partial charge is 0.0503 e. The summed E-state index contributed by atoms with van der Waals surface area (Å²) in [5.74, 6) is 0.780. The molecule has 0 aromatic carbocycles. The molecule has 0 spiro atoms. The maximum atomic E-state index is 5.23. The lowest BCUT2D eigenvalue weighted by Gasteiger charge is -2.43. The Kier molecular flexibility index (Phi) is 4.08. The van der Waals surface area contributed by atoms with Gasteiger partial charge in [-0.1, -0.05) is 22.4 Å². The van der Waals surface area contributed by atoms with Crippen molar-refractivity contribution in [2.45, 2.75) is 25.7 Å². The molecule has 1 aliphatic carbocycles. The van der Waals surface area contributed by atoms with Gasteiger partial charge in [-0.15, -0.1) is 0 Å². The fourth-order valence-electron chi connectivity index (χ4n) is 2.91. The molecule has 0 amide bonds. The van der Waals surface area contributed by atoms with E-state index in [-0.39, 0.29) is 0 Å². The number of nitrogens with zero attached hydrogens (tertiary/aromatic N) is 1. The van der Waals surface area contributed by atoms with Crippen LogP contribution in [-0.2, 0) is 4.74 Å². The van der Waals surface area contributed by atoms with Crippen molar-refractivity contribution in [1.82, 2.24) is 4.90 Å². The van der Waals surface area contributed by atoms with Gasteiger partial charge in [-0.25, -0.2) is 0 Å². The Hall–Kier alpha value is 0.400. The van der Waals surface area contributed by atoms with Crippen molar-refractivity contribution in [3.63, 3.8) is 0 Å². The lowest BCUT2D eigenvalue weighted by molar-refractivity contribution is 0.0966. The highest BCUT2D eigenvalue weighted by Gasteiger charge is 2.38. The predicted molar refractivity (Wildman–Crippen MR) is 66.5 cm³/mol. The van der Waals surface area contributed by atoms with Crippen molar-refractivity contribution in [3.05, 3.63) is 0 Å². The first kappa shape index (κ1) is 11.9. The monoisotopic (exact) mass is 275 g/mol. The first-order valence-electron chi connectivity index (χ1n) is 6.05. The van der Waals surface area contributed by atoms with E-state index in [0.29, 0.717) is 5.41 Å². The fourth-order valence-corrected chi connectivity index (χ4v) is 3.65. The van der Waals surface area contributed by atoms with Crippen LogP contribution in [-0.4, -0.2) is 43.6 Å². The average molecular weight is 276 g/mol. The van der Waals surface area contributed by atoms with Crippen LogP contribution in [0.5, 0.6) is 0 Å². The highest BCUT2D eigenvalue weighted by atomic mass is 79.9. The Balaban J connectivity index is 1.76. The standard InChI is InChI=1S/C12H22BrNO/c1-15-8-11-3-6-14(7-11)10-12(9-13)4-2-5-12/h11H,2-10H2,1H3. The molecule has 1 saturated carbocycles. The van der Waals surface area contributed by atoms with Crippen LogP contribution in [0.2, 0.25) is 0 Å². The molecule has 88 valence electrons. The third kappa shape index (κ3) is 2.75. The average Bonchev–Trinajstić information content (AvgIpc) is 2.60. The molecule has 0 N–H and O–H groups in total. The number of halogens is 1. The number of hydrogen-bond acceptors (Lipinski definition) is 2. The lowest BCUT2D eigenvalue weighted by atomic mass is 9.70. The molecule has 2 aliphatic rings. The van der Waals surface area contributed by atoms with E-state index in [9.17, 15) is 0 Å². The van der Waals surface area contributed by atoms with Crippen LogP contribution in [0.1, 0.15) is 25.7 Å². The van der Waals surface area contributed by atoms with Gasteiger partial charge in [0.25, 0.3) is 0 Å². The minimum absolute atomic E-state index is 0.613. The number of methoxy groups -OCH3 is 1. The fraction of sp³-hybridized carbons (Fsp3) is 1.00. The summed E-state index contributed by atoms with van der Waals surface area (Å²) in [6.45, 7) is 4.78. The minimum Gasteiger partial charge on any atom is -0.384 e. The van der Waals surface area contributed by atoms with Crippen LogP contribution in [0.4, 0.5) is 0 Å². The topological polar surface area (TPSA) is 12.5 Å². The van der Waals surface area contributed by atoms with Crippen LogP contribution in [0.3, 0.4) is 0 Å². The van der Waals surface area contributed by atoms with E-state index in [0.717, 1.165) is 12.5 Å². The Labute approximate surface area is 101 Å².